The molecule has 0 bridgehead atoms. The molecule has 0 aliphatic carbocycles. The van der Waals surface area contributed by atoms with E-state index in [1.807, 2.05) is 6.92 Å². The summed E-state index contributed by atoms with van der Waals surface area (Å²) >= 11 is 0. The highest BCUT2D eigenvalue weighted by Gasteiger charge is 2.18. The number of rotatable bonds is 13. The average Bonchev–Trinajstić information content (AvgIpc) is 2.34. The van der Waals surface area contributed by atoms with Gasteiger partial charge < -0.3 is 15.2 Å². The molecule has 0 saturated heterocycles. The van der Waals surface area contributed by atoms with Gasteiger partial charge in [-0.2, -0.15) is 0 Å². The van der Waals surface area contributed by atoms with Crippen molar-refractivity contribution in [1.82, 2.24) is 5.32 Å². The number of aliphatic hydroxyl groups is 1. The molecular formula is C15H33NO2. The molecular weight excluding hydrogens is 226 g/mol. The lowest BCUT2D eigenvalue weighted by Gasteiger charge is -2.23. The highest BCUT2D eigenvalue weighted by Crippen LogP contribution is 2.08. The van der Waals surface area contributed by atoms with Crippen LogP contribution in [-0.2, 0) is 4.74 Å². The van der Waals surface area contributed by atoms with Gasteiger partial charge in [-0.25, -0.2) is 0 Å². The van der Waals surface area contributed by atoms with Crippen molar-refractivity contribution in [3.8, 4) is 0 Å². The van der Waals surface area contributed by atoms with E-state index in [-0.39, 0.29) is 0 Å². The number of unbranched alkanes of at least 4 members (excludes halogenated alkanes) is 6. The van der Waals surface area contributed by atoms with Crippen molar-refractivity contribution in [1.29, 1.82) is 0 Å². The van der Waals surface area contributed by atoms with E-state index in [9.17, 15) is 5.11 Å². The number of hydrogen-bond donors (Lipinski definition) is 2. The fraction of sp³-hybridized carbons (Fsp3) is 1.00. The van der Waals surface area contributed by atoms with Crippen molar-refractivity contribution in [2.24, 2.45) is 0 Å². The summed E-state index contributed by atoms with van der Waals surface area (Å²) in [6, 6.07) is 0. The molecule has 18 heavy (non-hydrogen) atoms. The van der Waals surface area contributed by atoms with Gasteiger partial charge in [0.1, 0.15) is 0 Å². The lowest BCUT2D eigenvalue weighted by Crippen LogP contribution is -2.39. The van der Waals surface area contributed by atoms with Gasteiger partial charge in [0.05, 0.1) is 5.60 Å². The average molecular weight is 259 g/mol. The molecule has 2 N–H and O–H groups in total. The molecule has 110 valence electrons. The number of hydrogen-bond acceptors (Lipinski definition) is 3. The van der Waals surface area contributed by atoms with Gasteiger partial charge in [0, 0.05) is 26.7 Å². The van der Waals surface area contributed by atoms with Gasteiger partial charge in [0.25, 0.3) is 0 Å². The Kier molecular flexibility index (Phi) is 11.9. The third-order valence-electron chi connectivity index (χ3n) is 3.31. The largest absolute Gasteiger partial charge is 0.389 e. The minimum absolute atomic E-state index is 0.617. The summed E-state index contributed by atoms with van der Waals surface area (Å²) in [5, 5.41) is 13.3. The first-order valence-electron chi connectivity index (χ1n) is 7.54. The minimum atomic E-state index is -0.642. The first-order valence-corrected chi connectivity index (χ1v) is 7.54. The van der Waals surface area contributed by atoms with E-state index in [2.05, 4.69) is 12.2 Å². The summed E-state index contributed by atoms with van der Waals surface area (Å²) < 4.78 is 4.98. The highest BCUT2D eigenvalue weighted by molar-refractivity contribution is 4.74. The van der Waals surface area contributed by atoms with Crippen molar-refractivity contribution in [3.63, 3.8) is 0 Å². The maximum absolute atomic E-state index is 10.0. The van der Waals surface area contributed by atoms with Crippen LogP contribution in [0.3, 0.4) is 0 Å². The standard InChI is InChI=1S/C15H33NO2/c1-4-5-6-7-8-9-10-12-16-14-15(2,17)11-13-18-3/h16-17H,4-14H2,1-3H3. The van der Waals surface area contributed by atoms with E-state index in [1.54, 1.807) is 7.11 Å². The van der Waals surface area contributed by atoms with E-state index >= 15 is 0 Å². The Balaban J connectivity index is 3.23. The Bertz CT molecular complexity index is 172. The predicted octanol–water partition coefficient (Wildman–Crippen LogP) is 3.11. The van der Waals surface area contributed by atoms with Crippen molar-refractivity contribution in [3.05, 3.63) is 0 Å². The Morgan fingerprint density at radius 3 is 2.28 bits per heavy atom. The molecule has 3 heteroatoms. The van der Waals surface area contributed by atoms with Gasteiger partial charge in [0.2, 0.25) is 0 Å². The predicted molar refractivity (Wildman–Crippen MR) is 78.0 cm³/mol. The summed E-state index contributed by atoms with van der Waals surface area (Å²) in [5.74, 6) is 0. The van der Waals surface area contributed by atoms with Gasteiger partial charge in [-0.05, 0) is 19.9 Å². The van der Waals surface area contributed by atoms with Crippen molar-refractivity contribution >= 4 is 0 Å². The van der Waals surface area contributed by atoms with Crippen LogP contribution in [0.25, 0.3) is 0 Å². The van der Waals surface area contributed by atoms with Crippen LogP contribution in [0.2, 0.25) is 0 Å². The number of ether oxygens (including phenoxy) is 1. The first kappa shape index (κ1) is 17.9. The van der Waals surface area contributed by atoms with Crippen LogP contribution in [0.5, 0.6) is 0 Å². The van der Waals surface area contributed by atoms with E-state index in [0.717, 1.165) is 6.54 Å². The molecule has 0 rings (SSSR count). The van der Waals surface area contributed by atoms with Crippen LogP contribution in [0, 0.1) is 0 Å². The Hall–Kier alpha value is -0.120. The van der Waals surface area contributed by atoms with Gasteiger partial charge in [0.15, 0.2) is 0 Å². The lowest BCUT2D eigenvalue weighted by molar-refractivity contribution is 0.0251. The lowest BCUT2D eigenvalue weighted by atomic mass is 10.0. The molecule has 3 nitrogen and oxygen atoms in total. The molecule has 0 aliphatic rings. The summed E-state index contributed by atoms with van der Waals surface area (Å²) in [4.78, 5) is 0. The molecule has 0 spiro atoms. The first-order chi connectivity index (χ1) is 8.62. The molecule has 1 atom stereocenters. The van der Waals surface area contributed by atoms with E-state index < -0.39 is 5.60 Å². The zero-order chi connectivity index (χ0) is 13.7. The monoisotopic (exact) mass is 259 g/mol. The third-order valence-corrected chi connectivity index (χ3v) is 3.31. The second-order valence-electron chi connectivity index (χ2n) is 5.54. The molecule has 0 heterocycles. The third kappa shape index (κ3) is 12.3. The molecule has 0 aliphatic heterocycles. The van der Waals surface area contributed by atoms with Gasteiger partial charge >= 0.3 is 0 Å². The summed E-state index contributed by atoms with van der Waals surface area (Å²) in [6.45, 7) is 6.40. The molecule has 0 aromatic heterocycles. The van der Waals surface area contributed by atoms with Crippen LogP contribution >= 0.6 is 0 Å². The van der Waals surface area contributed by atoms with E-state index in [4.69, 9.17) is 4.74 Å². The van der Waals surface area contributed by atoms with E-state index in [0.29, 0.717) is 19.6 Å². The molecule has 0 fully saturated rings. The second-order valence-corrected chi connectivity index (χ2v) is 5.54. The molecule has 0 aromatic carbocycles. The van der Waals surface area contributed by atoms with Crippen molar-refractivity contribution in [2.75, 3.05) is 26.8 Å². The van der Waals surface area contributed by atoms with Crippen LogP contribution < -0.4 is 5.32 Å². The van der Waals surface area contributed by atoms with Gasteiger partial charge in [-0.1, -0.05) is 45.4 Å². The molecule has 1 unspecified atom stereocenters. The molecule has 0 radical (unpaired) electrons. The highest BCUT2D eigenvalue weighted by atomic mass is 16.5. The normalized spacial score (nSPS) is 14.7. The van der Waals surface area contributed by atoms with Crippen LogP contribution in [-0.4, -0.2) is 37.5 Å². The summed E-state index contributed by atoms with van der Waals surface area (Å²) in [6.07, 6.45) is 10.0. The zero-order valence-corrected chi connectivity index (χ0v) is 12.6. The van der Waals surface area contributed by atoms with Crippen LogP contribution in [0.15, 0.2) is 0 Å². The maximum atomic E-state index is 10.0. The topological polar surface area (TPSA) is 41.5 Å². The van der Waals surface area contributed by atoms with Crippen molar-refractivity contribution < 1.29 is 9.84 Å². The smallest absolute Gasteiger partial charge is 0.0765 e. The SMILES string of the molecule is CCCCCCCCCNCC(C)(O)CCOC. The Morgan fingerprint density at radius 2 is 1.67 bits per heavy atom. The van der Waals surface area contributed by atoms with Gasteiger partial charge in [-0.3, -0.25) is 0 Å². The van der Waals surface area contributed by atoms with E-state index in [1.165, 1.54) is 44.9 Å². The molecule has 0 aromatic rings. The Labute approximate surface area is 113 Å². The fourth-order valence-electron chi connectivity index (χ4n) is 1.98. The molecule has 0 amide bonds. The summed E-state index contributed by atoms with van der Waals surface area (Å²) in [5.41, 5.74) is -0.642. The molecule has 0 saturated carbocycles. The van der Waals surface area contributed by atoms with Gasteiger partial charge in [-0.15, -0.1) is 0 Å². The number of nitrogens with one attached hydrogen (secondary N) is 1. The van der Waals surface area contributed by atoms with Crippen molar-refractivity contribution in [2.45, 2.75) is 70.8 Å². The fourth-order valence-corrected chi connectivity index (χ4v) is 1.98. The second kappa shape index (κ2) is 11.9. The Morgan fingerprint density at radius 1 is 1.06 bits per heavy atom. The quantitative estimate of drug-likeness (QED) is 0.499. The van der Waals surface area contributed by atoms with Crippen LogP contribution in [0.4, 0.5) is 0 Å². The zero-order valence-electron chi connectivity index (χ0n) is 12.6. The minimum Gasteiger partial charge on any atom is -0.389 e. The van der Waals surface area contributed by atoms with Crippen LogP contribution in [0.1, 0.15) is 65.2 Å². The summed E-state index contributed by atoms with van der Waals surface area (Å²) in [7, 11) is 1.67. The number of methoxy groups -OCH3 is 1. The maximum Gasteiger partial charge on any atom is 0.0765 e.